The third-order valence-electron chi connectivity index (χ3n) is 1.90. The molecule has 86 valence electrons. The molecule has 0 radical (unpaired) electrons. The van der Waals surface area contributed by atoms with Gasteiger partial charge >= 0.3 is 12.0 Å². The lowest BCUT2D eigenvalue weighted by Crippen LogP contribution is -2.33. The third-order valence-corrected chi connectivity index (χ3v) is 1.90. The number of benzene rings is 1. The van der Waals surface area contributed by atoms with Crippen LogP contribution in [0.25, 0.3) is 0 Å². The zero-order valence-electron chi connectivity index (χ0n) is 8.56. The van der Waals surface area contributed by atoms with Crippen LogP contribution in [-0.4, -0.2) is 30.2 Å². The number of carbonyl (C=O) groups excluding carboxylic acids is 1. The van der Waals surface area contributed by atoms with E-state index in [9.17, 15) is 9.59 Å². The van der Waals surface area contributed by atoms with Gasteiger partial charge in [-0.3, -0.25) is 0 Å². The lowest BCUT2D eigenvalue weighted by atomic mass is 10.2. The normalized spacial score (nSPS) is 9.50. The second-order valence-corrected chi connectivity index (χ2v) is 3.07. The van der Waals surface area contributed by atoms with Crippen molar-refractivity contribution in [2.45, 2.75) is 0 Å². The van der Waals surface area contributed by atoms with Crippen LogP contribution < -0.4 is 16.4 Å². The summed E-state index contributed by atoms with van der Waals surface area (Å²) in [5, 5.41) is 14.2. The quantitative estimate of drug-likeness (QED) is 0.544. The van der Waals surface area contributed by atoms with Gasteiger partial charge in [0.05, 0.1) is 5.56 Å². The molecule has 16 heavy (non-hydrogen) atoms. The molecule has 1 aromatic carbocycles. The highest BCUT2D eigenvalue weighted by Gasteiger charge is 2.07. The van der Waals surface area contributed by atoms with Crippen molar-refractivity contribution in [1.82, 2.24) is 5.32 Å². The lowest BCUT2D eigenvalue weighted by Gasteiger charge is -2.09. The first-order valence-corrected chi connectivity index (χ1v) is 4.70. The smallest absolute Gasteiger partial charge is 0.337 e. The fourth-order valence-electron chi connectivity index (χ4n) is 1.21. The summed E-state index contributed by atoms with van der Waals surface area (Å²) in [5.41, 5.74) is 5.59. The molecular weight excluding hydrogens is 210 g/mol. The first-order valence-electron chi connectivity index (χ1n) is 4.70. The number of anilines is 1. The Kier molecular flexibility index (Phi) is 4.14. The zero-order valence-corrected chi connectivity index (χ0v) is 8.56. The van der Waals surface area contributed by atoms with Crippen molar-refractivity contribution in [3.8, 4) is 0 Å². The topological polar surface area (TPSA) is 104 Å². The molecule has 6 heteroatoms. The minimum Gasteiger partial charge on any atom is -0.478 e. The van der Waals surface area contributed by atoms with Gasteiger partial charge in [0, 0.05) is 18.8 Å². The van der Waals surface area contributed by atoms with E-state index in [0.717, 1.165) is 0 Å². The molecule has 0 aromatic heterocycles. The average Bonchev–Trinajstić information content (AvgIpc) is 2.24. The number of carbonyl (C=O) groups is 2. The summed E-state index contributed by atoms with van der Waals surface area (Å²) in [7, 11) is 0. The van der Waals surface area contributed by atoms with Gasteiger partial charge in [0.15, 0.2) is 0 Å². The lowest BCUT2D eigenvalue weighted by molar-refractivity contribution is 0.0698. The van der Waals surface area contributed by atoms with E-state index in [1.807, 2.05) is 0 Å². The van der Waals surface area contributed by atoms with Gasteiger partial charge in [0.2, 0.25) is 0 Å². The van der Waals surface area contributed by atoms with E-state index in [0.29, 0.717) is 18.8 Å². The molecule has 0 saturated heterocycles. The van der Waals surface area contributed by atoms with E-state index in [4.69, 9.17) is 10.8 Å². The van der Waals surface area contributed by atoms with Crippen molar-refractivity contribution >= 4 is 17.7 Å². The molecule has 0 aliphatic heterocycles. The first-order chi connectivity index (χ1) is 7.61. The number of rotatable bonds is 5. The molecule has 0 aliphatic carbocycles. The van der Waals surface area contributed by atoms with Gasteiger partial charge in [-0.25, -0.2) is 9.59 Å². The Labute approximate surface area is 92.4 Å². The van der Waals surface area contributed by atoms with Crippen molar-refractivity contribution in [3.05, 3.63) is 29.8 Å². The van der Waals surface area contributed by atoms with Crippen LogP contribution in [0.3, 0.4) is 0 Å². The van der Waals surface area contributed by atoms with Gasteiger partial charge in [0.25, 0.3) is 0 Å². The van der Waals surface area contributed by atoms with Crippen molar-refractivity contribution < 1.29 is 14.7 Å². The van der Waals surface area contributed by atoms with E-state index in [2.05, 4.69) is 10.6 Å². The number of hydrogen-bond acceptors (Lipinski definition) is 3. The molecule has 6 nitrogen and oxygen atoms in total. The van der Waals surface area contributed by atoms with E-state index in [-0.39, 0.29) is 5.56 Å². The van der Waals surface area contributed by atoms with Crippen molar-refractivity contribution in [3.63, 3.8) is 0 Å². The van der Waals surface area contributed by atoms with E-state index >= 15 is 0 Å². The number of nitrogens with two attached hydrogens (primary N) is 1. The van der Waals surface area contributed by atoms with Crippen molar-refractivity contribution in [1.29, 1.82) is 0 Å². The molecule has 0 atom stereocenters. The summed E-state index contributed by atoms with van der Waals surface area (Å²) < 4.78 is 0. The number of nitrogens with one attached hydrogen (secondary N) is 2. The van der Waals surface area contributed by atoms with Crippen LogP contribution in [0.5, 0.6) is 0 Å². The SMILES string of the molecule is NC(=O)NCCNc1ccccc1C(=O)O. The largest absolute Gasteiger partial charge is 0.478 e. The zero-order chi connectivity index (χ0) is 12.0. The molecule has 0 spiro atoms. The minimum atomic E-state index is -0.994. The van der Waals surface area contributed by atoms with Crippen LogP contribution in [0.2, 0.25) is 0 Å². The van der Waals surface area contributed by atoms with Gasteiger partial charge in [-0.2, -0.15) is 0 Å². The molecule has 5 N–H and O–H groups in total. The summed E-state index contributed by atoms with van der Waals surface area (Å²) in [6.07, 6.45) is 0. The van der Waals surface area contributed by atoms with Gasteiger partial charge in [-0.1, -0.05) is 12.1 Å². The highest BCUT2D eigenvalue weighted by molar-refractivity contribution is 5.94. The van der Waals surface area contributed by atoms with Crippen LogP contribution in [0.1, 0.15) is 10.4 Å². The second-order valence-electron chi connectivity index (χ2n) is 3.07. The number of carboxylic acids is 1. The maximum atomic E-state index is 10.8. The molecule has 0 fully saturated rings. The highest BCUT2D eigenvalue weighted by Crippen LogP contribution is 2.13. The van der Waals surface area contributed by atoms with Crippen LogP contribution in [0, 0.1) is 0 Å². The first kappa shape index (κ1) is 11.8. The number of primary amides is 1. The Morgan fingerprint density at radius 1 is 1.25 bits per heavy atom. The molecule has 2 amide bonds. The monoisotopic (exact) mass is 223 g/mol. The Morgan fingerprint density at radius 2 is 1.94 bits per heavy atom. The fraction of sp³-hybridized carbons (Fsp3) is 0.200. The standard InChI is InChI=1S/C10H13N3O3/c11-10(16)13-6-5-12-8-4-2-1-3-7(8)9(14)15/h1-4,12H,5-6H2,(H,14,15)(H3,11,13,16). The molecule has 0 saturated carbocycles. The van der Waals surface area contributed by atoms with Crippen LogP contribution in [-0.2, 0) is 0 Å². The number of amides is 2. The summed E-state index contributed by atoms with van der Waals surface area (Å²) in [6.45, 7) is 0.747. The number of para-hydroxylation sites is 1. The molecule has 0 unspecified atom stereocenters. The fourth-order valence-corrected chi connectivity index (χ4v) is 1.21. The van der Waals surface area contributed by atoms with Crippen molar-refractivity contribution in [2.75, 3.05) is 18.4 Å². The Hall–Kier alpha value is -2.24. The van der Waals surface area contributed by atoms with Crippen molar-refractivity contribution in [2.24, 2.45) is 5.73 Å². The highest BCUT2D eigenvalue weighted by atomic mass is 16.4. The van der Waals surface area contributed by atoms with Crippen LogP contribution in [0.4, 0.5) is 10.5 Å². The third kappa shape index (κ3) is 3.49. The maximum absolute atomic E-state index is 10.8. The Bertz CT molecular complexity index is 393. The van der Waals surface area contributed by atoms with Crippen LogP contribution >= 0.6 is 0 Å². The molecular formula is C10H13N3O3. The Morgan fingerprint density at radius 3 is 2.56 bits per heavy atom. The predicted molar refractivity (Wildman–Crippen MR) is 59.5 cm³/mol. The predicted octanol–water partition coefficient (Wildman–Crippen LogP) is 0.465. The van der Waals surface area contributed by atoms with Gasteiger partial charge in [-0.15, -0.1) is 0 Å². The van der Waals surface area contributed by atoms with Crippen LogP contribution in [0.15, 0.2) is 24.3 Å². The van der Waals surface area contributed by atoms with E-state index in [1.54, 1.807) is 18.2 Å². The molecule has 1 rings (SSSR count). The summed E-state index contributed by atoms with van der Waals surface area (Å²) >= 11 is 0. The molecule has 0 aliphatic rings. The maximum Gasteiger partial charge on any atom is 0.337 e. The Balaban J connectivity index is 2.53. The molecule has 0 bridgehead atoms. The molecule has 0 heterocycles. The number of urea groups is 1. The second kappa shape index (κ2) is 5.59. The average molecular weight is 223 g/mol. The number of carboxylic acid groups (broad SMARTS) is 1. The summed E-state index contributed by atoms with van der Waals surface area (Å²) in [6, 6.07) is 5.94. The van der Waals surface area contributed by atoms with Gasteiger partial charge < -0.3 is 21.5 Å². The summed E-state index contributed by atoms with van der Waals surface area (Å²) in [4.78, 5) is 21.2. The summed E-state index contributed by atoms with van der Waals surface area (Å²) in [5.74, 6) is -0.994. The minimum absolute atomic E-state index is 0.196. The van der Waals surface area contributed by atoms with E-state index in [1.165, 1.54) is 6.07 Å². The molecule has 1 aromatic rings. The van der Waals surface area contributed by atoms with Gasteiger partial charge in [-0.05, 0) is 12.1 Å². The number of aromatic carboxylic acids is 1. The van der Waals surface area contributed by atoms with E-state index < -0.39 is 12.0 Å². The number of hydrogen-bond donors (Lipinski definition) is 4. The van der Waals surface area contributed by atoms with Gasteiger partial charge in [0.1, 0.15) is 0 Å².